The predicted molar refractivity (Wildman–Crippen MR) is 80.5 cm³/mol. The summed E-state index contributed by atoms with van der Waals surface area (Å²) in [5.41, 5.74) is 1.98. The summed E-state index contributed by atoms with van der Waals surface area (Å²) in [5.74, 6) is 1.23. The average molecular weight is 290 g/mol. The van der Waals surface area contributed by atoms with Gasteiger partial charge in [0.05, 0.1) is 5.69 Å². The first-order valence-corrected chi connectivity index (χ1v) is 7.65. The number of fused-ring (bicyclic) bond motifs is 1. The molecule has 0 aliphatic carbocycles. The van der Waals surface area contributed by atoms with Crippen molar-refractivity contribution < 1.29 is 14.3 Å². The number of hydrogen-bond donors (Lipinski definition) is 2. The van der Waals surface area contributed by atoms with Crippen LogP contribution >= 0.6 is 0 Å². The maximum atomic E-state index is 11.5. The van der Waals surface area contributed by atoms with Gasteiger partial charge >= 0.3 is 0 Å². The third-order valence-electron chi connectivity index (χ3n) is 4.16. The fourth-order valence-corrected chi connectivity index (χ4v) is 3.12. The maximum absolute atomic E-state index is 11.5. The van der Waals surface area contributed by atoms with E-state index in [1.165, 1.54) is 5.56 Å². The number of hydrogen-bond acceptors (Lipinski definition) is 4. The van der Waals surface area contributed by atoms with Crippen molar-refractivity contribution in [1.82, 2.24) is 5.32 Å². The Bertz CT molecular complexity index is 512. The Hall–Kier alpha value is -1.59. The van der Waals surface area contributed by atoms with Gasteiger partial charge in [-0.15, -0.1) is 0 Å². The van der Waals surface area contributed by atoms with Crippen molar-refractivity contribution in [3.63, 3.8) is 0 Å². The summed E-state index contributed by atoms with van der Waals surface area (Å²) in [4.78, 5) is 11.5. The van der Waals surface area contributed by atoms with Gasteiger partial charge in [0.25, 0.3) is 5.91 Å². The van der Waals surface area contributed by atoms with Crippen molar-refractivity contribution in [3.8, 4) is 5.75 Å². The van der Waals surface area contributed by atoms with Crippen molar-refractivity contribution in [2.24, 2.45) is 5.92 Å². The van der Waals surface area contributed by atoms with Gasteiger partial charge in [0, 0.05) is 19.3 Å². The third-order valence-corrected chi connectivity index (χ3v) is 4.16. The van der Waals surface area contributed by atoms with E-state index in [2.05, 4.69) is 23.6 Å². The van der Waals surface area contributed by atoms with E-state index in [0.29, 0.717) is 12.0 Å². The zero-order chi connectivity index (χ0) is 14.7. The van der Waals surface area contributed by atoms with Gasteiger partial charge in [0.1, 0.15) is 5.75 Å². The topological polar surface area (TPSA) is 59.6 Å². The second kappa shape index (κ2) is 6.45. The smallest absolute Gasteiger partial charge is 0.262 e. The Kier molecular flexibility index (Phi) is 4.41. The molecule has 1 unspecified atom stereocenters. The zero-order valence-corrected chi connectivity index (χ0v) is 12.4. The highest BCUT2D eigenvalue weighted by Crippen LogP contribution is 2.35. The average Bonchev–Trinajstić information content (AvgIpc) is 2.52. The number of carbonyl (C=O) groups is 1. The molecule has 0 bridgehead atoms. The SMILES string of the molecule is CCNC(c1ccc2c(c1)NC(=O)CO2)C1CCOCC1. The van der Waals surface area contributed by atoms with Crippen LogP contribution in [0.3, 0.4) is 0 Å². The Morgan fingerprint density at radius 1 is 1.38 bits per heavy atom. The quantitative estimate of drug-likeness (QED) is 0.891. The third kappa shape index (κ3) is 3.19. The second-order valence-electron chi connectivity index (χ2n) is 5.58. The summed E-state index contributed by atoms with van der Waals surface area (Å²) in [6.07, 6.45) is 2.13. The standard InChI is InChI=1S/C16H22N2O3/c1-2-17-16(11-5-7-20-8-6-11)12-3-4-14-13(9-12)18-15(19)10-21-14/h3-4,9,11,16-17H,2,5-8,10H2,1H3,(H,18,19). The number of benzene rings is 1. The van der Waals surface area contributed by atoms with Crippen LogP contribution in [0.25, 0.3) is 0 Å². The van der Waals surface area contributed by atoms with Crippen molar-refractivity contribution in [1.29, 1.82) is 0 Å². The van der Waals surface area contributed by atoms with Crippen LogP contribution in [0.1, 0.15) is 31.4 Å². The molecular weight excluding hydrogens is 268 g/mol. The molecule has 1 aromatic rings. The zero-order valence-electron chi connectivity index (χ0n) is 12.4. The molecule has 2 heterocycles. The molecule has 5 heteroatoms. The molecule has 1 fully saturated rings. The summed E-state index contributed by atoms with van der Waals surface area (Å²) in [6, 6.07) is 6.38. The van der Waals surface area contributed by atoms with Crippen LogP contribution in [0.2, 0.25) is 0 Å². The molecule has 1 aromatic carbocycles. The predicted octanol–water partition coefficient (Wildman–Crippen LogP) is 2.09. The molecule has 2 aliphatic rings. The van der Waals surface area contributed by atoms with Gasteiger partial charge in [-0.3, -0.25) is 4.79 Å². The molecule has 0 saturated carbocycles. The highest BCUT2D eigenvalue weighted by molar-refractivity contribution is 5.95. The fraction of sp³-hybridized carbons (Fsp3) is 0.562. The number of ether oxygens (including phenoxy) is 2. The molecule has 1 atom stereocenters. The van der Waals surface area contributed by atoms with Crippen LogP contribution in [-0.4, -0.2) is 32.3 Å². The van der Waals surface area contributed by atoms with Crippen LogP contribution in [0.15, 0.2) is 18.2 Å². The highest BCUT2D eigenvalue weighted by atomic mass is 16.5. The molecule has 3 rings (SSSR count). The van der Waals surface area contributed by atoms with Gasteiger partial charge in [-0.05, 0) is 43.0 Å². The van der Waals surface area contributed by atoms with Gasteiger partial charge in [-0.1, -0.05) is 13.0 Å². The Morgan fingerprint density at radius 2 is 2.19 bits per heavy atom. The molecule has 1 amide bonds. The summed E-state index contributed by atoms with van der Waals surface area (Å²) < 4.78 is 10.9. The van der Waals surface area contributed by atoms with Gasteiger partial charge in [-0.25, -0.2) is 0 Å². The van der Waals surface area contributed by atoms with Crippen LogP contribution in [0, 0.1) is 5.92 Å². The minimum atomic E-state index is -0.0919. The summed E-state index contributed by atoms with van der Waals surface area (Å²) in [7, 11) is 0. The van der Waals surface area contributed by atoms with E-state index in [1.807, 2.05) is 12.1 Å². The summed E-state index contributed by atoms with van der Waals surface area (Å²) in [6.45, 7) is 4.80. The number of rotatable bonds is 4. The summed E-state index contributed by atoms with van der Waals surface area (Å²) >= 11 is 0. The lowest BCUT2D eigenvalue weighted by atomic mass is 9.86. The molecule has 5 nitrogen and oxygen atoms in total. The summed E-state index contributed by atoms with van der Waals surface area (Å²) in [5, 5.41) is 6.46. The lowest BCUT2D eigenvalue weighted by Crippen LogP contribution is -2.32. The molecule has 2 aliphatic heterocycles. The van der Waals surface area contributed by atoms with Crippen molar-refractivity contribution in [2.45, 2.75) is 25.8 Å². The van der Waals surface area contributed by atoms with E-state index in [4.69, 9.17) is 9.47 Å². The van der Waals surface area contributed by atoms with Crippen molar-refractivity contribution >= 4 is 11.6 Å². The normalized spacial score (nSPS) is 20.3. The van der Waals surface area contributed by atoms with Crippen LogP contribution in [0.4, 0.5) is 5.69 Å². The Labute approximate surface area is 125 Å². The van der Waals surface area contributed by atoms with E-state index in [-0.39, 0.29) is 12.5 Å². The van der Waals surface area contributed by atoms with Gasteiger partial charge in [-0.2, -0.15) is 0 Å². The van der Waals surface area contributed by atoms with Gasteiger partial charge in [0.15, 0.2) is 6.61 Å². The number of amides is 1. The fourth-order valence-electron chi connectivity index (χ4n) is 3.12. The van der Waals surface area contributed by atoms with E-state index in [9.17, 15) is 4.79 Å². The molecule has 0 aromatic heterocycles. The monoisotopic (exact) mass is 290 g/mol. The van der Waals surface area contributed by atoms with Crippen molar-refractivity contribution in [3.05, 3.63) is 23.8 Å². The van der Waals surface area contributed by atoms with Gasteiger partial charge in [0.2, 0.25) is 0 Å². The minimum absolute atomic E-state index is 0.0919. The van der Waals surface area contributed by atoms with Crippen molar-refractivity contribution in [2.75, 3.05) is 31.7 Å². The Morgan fingerprint density at radius 3 is 2.95 bits per heavy atom. The van der Waals surface area contributed by atoms with E-state index in [0.717, 1.165) is 44.0 Å². The maximum Gasteiger partial charge on any atom is 0.262 e. The first-order valence-electron chi connectivity index (χ1n) is 7.65. The number of anilines is 1. The molecule has 0 spiro atoms. The largest absolute Gasteiger partial charge is 0.482 e. The number of nitrogens with one attached hydrogen (secondary N) is 2. The van der Waals surface area contributed by atoms with E-state index < -0.39 is 0 Å². The molecule has 114 valence electrons. The van der Waals surface area contributed by atoms with Crippen LogP contribution in [-0.2, 0) is 9.53 Å². The molecule has 21 heavy (non-hydrogen) atoms. The van der Waals surface area contributed by atoms with Gasteiger partial charge < -0.3 is 20.1 Å². The molecular formula is C16H22N2O3. The molecule has 2 N–H and O–H groups in total. The minimum Gasteiger partial charge on any atom is -0.482 e. The first-order chi connectivity index (χ1) is 10.3. The lowest BCUT2D eigenvalue weighted by Gasteiger charge is -2.32. The lowest BCUT2D eigenvalue weighted by molar-refractivity contribution is -0.118. The van der Waals surface area contributed by atoms with E-state index in [1.54, 1.807) is 0 Å². The van der Waals surface area contributed by atoms with Crippen LogP contribution < -0.4 is 15.4 Å². The Balaban J connectivity index is 1.84. The second-order valence-corrected chi connectivity index (χ2v) is 5.58. The first kappa shape index (κ1) is 14.4. The van der Waals surface area contributed by atoms with Crippen LogP contribution in [0.5, 0.6) is 5.75 Å². The van der Waals surface area contributed by atoms with E-state index >= 15 is 0 Å². The highest BCUT2D eigenvalue weighted by Gasteiger charge is 2.26. The number of carbonyl (C=O) groups excluding carboxylic acids is 1. The molecule has 0 radical (unpaired) electrons. The molecule has 1 saturated heterocycles.